The van der Waals surface area contributed by atoms with Crippen molar-refractivity contribution in [3.05, 3.63) is 74.5 Å². The smallest absolute Gasteiger partial charge is 0.354 e. The van der Waals surface area contributed by atoms with Crippen LogP contribution in [0.1, 0.15) is 21.6 Å². The van der Waals surface area contributed by atoms with Crippen LogP contribution < -0.4 is 19.9 Å². The molecule has 2 aromatic carbocycles. The van der Waals surface area contributed by atoms with Gasteiger partial charge in [0.05, 0.1) is 36.0 Å². The van der Waals surface area contributed by atoms with Gasteiger partial charge in [-0.25, -0.2) is 23.5 Å². The molecule has 0 amide bonds. The van der Waals surface area contributed by atoms with E-state index >= 15 is 0 Å². The summed E-state index contributed by atoms with van der Waals surface area (Å²) in [6, 6.07) is 8.63. The van der Waals surface area contributed by atoms with Crippen molar-refractivity contribution >= 4 is 28.7 Å². The number of carbonyl (C=O) groups is 1. The van der Waals surface area contributed by atoms with Crippen LogP contribution >= 0.6 is 11.6 Å². The van der Waals surface area contributed by atoms with Gasteiger partial charge >= 0.3 is 11.7 Å². The first-order chi connectivity index (χ1) is 16.2. The number of benzene rings is 2. The zero-order chi connectivity index (χ0) is 24.6. The maximum Gasteiger partial charge on any atom is 0.354 e. The van der Waals surface area contributed by atoms with Gasteiger partial charge in [-0.15, -0.1) is 0 Å². The van der Waals surface area contributed by atoms with Crippen LogP contribution in [-0.2, 0) is 6.61 Å². The van der Waals surface area contributed by atoms with Gasteiger partial charge in [-0.1, -0.05) is 17.7 Å². The number of fused-ring (bicyclic) bond motifs is 1. The number of carboxylic acid groups (broad SMARTS) is 1. The molecule has 0 aliphatic heterocycles. The summed E-state index contributed by atoms with van der Waals surface area (Å²) < 4.78 is 31.8. The molecule has 4 rings (SSSR count). The summed E-state index contributed by atoms with van der Waals surface area (Å²) >= 11 is 6.44. The minimum atomic E-state index is -1.24. The highest BCUT2D eigenvalue weighted by molar-refractivity contribution is 6.32. The molecule has 0 aliphatic carbocycles. The Morgan fingerprint density at radius 1 is 1.18 bits per heavy atom. The number of aromatic amines is 1. The van der Waals surface area contributed by atoms with Gasteiger partial charge in [-0.3, -0.25) is 0 Å². The molecule has 0 unspecified atom stereocenters. The first kappa shape index (κ1) is 23.1. The van der Waals surface area contributed by atoms with Crippen LogP contribution in [0.15, 0.2) is 41.2 Å². The highest BCUT2D eigenvalue weighted by atomic mass is 35.5. The third kappa shape index (κ3) is 4.03. The van der Waals surface area contributed by atoms with Crippen LogP contribution in [-0.4, -0.2) is 39.8 Å². The van der Waals surface area contributed by atoms with Gasteiger partial charge in [0.2, 0.25) is 0 Å². The van der Waals surface area contributed by atoms with Gasteiger partial charge in [-0.2, -0.15) is 0 Å². The van der Waals surface area contributed by atoms with Crippen LogP contribution in [0.25, 0.3) is 16.9 Å². The fraction of sp³-hybridized carbons (Fsp3) is 0.174. The molecule has 4 aromatic rings. The number of imidazole rings is 1. The summed E-state index contributed by atoms with van der Waals surface area (Å²) in [4.78, 5) is 31.1. The van der Waals surface area contributed by atoms with Gasteiger partial charge < -0.3 is 24.3 Å². The summed E-state index contributed by atoms with van der Waals surface area (Å²) in [5.74, 6) is -1.04. The minimum Gasteiger partial charge on any atom is -0.496 e. The zero-order valence-electron chi connectivity index (χ0n) is 18.3. The molecule has 9 nitrogen and oxygen atoms in total. The number of pyridine rings is 1. The molecule has 176 valence electrons. The van der Waals surface area contributed by atoms with E-state index in [9.17, 15) is 19.1 Å². The van der Waals surface area contributed by atoms with E-state index in [4.69, 9.17) is 25.8 Å². The molecule has 0 fully saturated rings. The second-order valence-electron chi connectivity index (χ2n) is 7.26. The van der Waals surface area contributed by atoms with Gasteiger partial charge in [0.1, 0.15) is 18.2 Å². The van der Waals surface area contributed by atoms with Crippen molar-refractivity contribution in [1.29, 1.82) is 0 Å². The highest BCUT2D eigenvalue weighted by Gasteiger charge is 2.21. The molecule has 11 heteroatoms. The summed E-state index contributed by atoms with van der Waals surface area (Å²) in [5.41, 5.74) is 0.509. The number of carboxylic acids is 1. The number of hydrogen-bond donors (Lipinski definition) is 2. The van der Waals surface area contributed by atoms with Crippen molar-refractivity contribution < 1.29 is 28.5 Å². The van der Waals surface area contributed by atoms with E-state index < -0.39 is 17.5 Å². The lowest BCUT2D eigenvalue weighted by Gasteiger charge is -2.16. The number of methoxy groups -OCH3 is 2. The molecule has 2 heterocycles. The van der Waals surface area contributed by atoms with Crippen molar-refractivity contribution in [3.63, 3.8) is 0 Å². The Bertz CT molecular complexity index is 1480. The quantitative estimate of drug-likeness (QED) is 0.403. The summed E-state index contributed by atoms with van der Waals surface area (Å²) in [6.07, 6.45) is 0. The molecule has 0 saturated heterocycles. The Kier molecular flexibility index (Phi) is 6.16. The number of ether oxygens (including phenoxy) is 3. The average Bonchev–Trinajstić information content (AvgIpc) is 3.14. The first-order valence-corrected chi connectivity index (χ1v) is 10.3. The Labute approximate surface area is 197 Å². The van der Waals surface area contributed by atoms with Crippen molar-refractivity contribution in [2.45, 2.75) is 13.5 Å². The maximum atomic E-state index is 14.3. The minimum absolute atomic E-state index is 0.0798. The Hall–Kier alpha value is -4.05. The predicted octanol–water partition coefficient (Wildman–Crippen LogP) is 4.11. The fourth-order valence-corrected chi connectivity index (χ4v) is 3.79. The van der Waals surface area contributed by atoms with E-state index in [0.717, 1.165) is 4.57 Å². The van der Waals surface area contributed by atoms with E-state index in [-0.39, 0.29) is 45.7 Å². The van der Waals surface area contributed by atoms with Crippen molar-refractivity contribution in [2.24, 2.45) is 0 Å². The monoisotopic (exact) mass is 487 g/mol. The van der Waals surface area contributed by atoms with Crippen molar-refractivity contribution in [1.82, 2.24) is 14.5 Å². The zero-order valence-corrected chi connectivity index (χ0v) is 19.1. The number of aromatic nitrogens is 3. The van der Waals surface area contributed by atoms with Crippen LogP contribution in [0.5, 0.6) is 17.2 Å². The predicted molar refractivity (Wildman–Crippen MR) is 122 cm³/mol. The number of nitrogens with zero attached hydrogens (tertiary/aromatic N) is 2. The second kappa shape index (κ2) is 9.06. The lowest BCUT2D eigenvalue weighted by atomic mass is 10.2. The summed E-state index contributed by atoms with van der Waals surface area (Å²) in [6.45, 7) is 1.46. The summed E-state index contributed by atoms with van der Waals surface area (Å²) in [7, 11) is 2.83. The van der Waals surface area contributed by atoms with E-state index in [1.807, 2.05) is 0 Å². The number of halogens is 2. The number of aryl methyl sites for hydroxylation is 1. The van der Waals surface area contributed by atoms with Crippen LogP contribution in [0.4, 0.5) is 4.39 Å². The van der Waals surface area contributed by atoms with Crippen molar-refractivity contribution in [3.8, 4) is 22.9 Å². The number of nitrogens with one attached hydrogen (secondary N) is 1. The number of aromatic carboxylic acids is 1. The first-order valence-electron chi connectivity index (χ1n) is 9.93. The van der Waals surface area contributed by atoms with Gasteiger partial charge in [0.15, 0.2) is 22.8 Å². The topological polar surface area (TPSA) is 116 Å². The molecule has 0 spiro atoms. The lowest BCUT2D eigenvalue weighted by Crippen LogP contribution is -2.16. The maximum absolute atomic E-state index is 14.3. The third-order valence-electron chi connectivity index (χ3n) is 5.21. The molecule has 0 bridgehead atoms. The van der Waals surface area contributed by atoms with E-state index in [2.05, 4.69) is 9.97 Å². The normalized spacial score (nSPS) is 11.0. The van der Waals surface area contributed by atoms with Gasteiger partial charge in [0, 0.05) is 12.1 Å². The molecule has 2 N–H and O–H groups in total. The molecule has 34 heavy (non-hydrogen) atoms. The molecule has 0 atom stereocenters. The Balaban J connectivity index is 1.85. The fourth-order valence-electron chi connectivity index (χ4n) is 3.55. The molecular formula is C23H19ClFN3O6. The standard InChI is InChI=1S/C23H19ClFN3O6/c1-11-7-15(22(29)30)26-21-20(11)27-23(31)28(21)16-9-19(18(33-3)8-13(16)24)34-10-12-14(25)5-4-6-17(12)32-2/h4-9H,10H2,1-3H3,(H,27,31)(H,29,30). The largest absolute Gasteiger partial charge is 0.496 e. The Morgan fingerprint density at radius 3 is 2.59 bits per heavy atom. The van der Waals surface area contributed by atoms with Gasteiger partial charge in [-0.05, 0) is 30.7 Å². The molecule has 0 radical (unpaired) electrons. The molecule has 2 aromatic heterocycles. The van der Waals surface area contributed by atoms with E-state index in [0.29, 0.717) is 16.8 Å². The summed E-state index contributed by atoms with van der Waals surface area (Å²) in [5, 5.41) is 9.50. The third-order valence-corrected chi connectivity index (χ3v) is 5.51. The molecule has 0 aliphatic rings. The number of H-pyrrole nitrogens is 1. The second-order valence-corrected chi connectivity index (χ2v) is 7.66. The lowest BCUT2D eigenvalue weighted by molar-refractivity contribution is 0.0690. The van der Waals surface area contributed by atoms with Crippen LogP contribution in [0, 0.1) is 12.7 Å². The van der Waals surface area contributed by atoms with Crippen molar-refractivity contribution in [2.75, 3.05) is 14.2 Å². The van der Waals surface area contributed by atoms with E-state index in [1.54, 1.807) is 13.0 Å². The number of hydrogen-bond acceptors (Lipinski definition) is 6. The van der Waals surface area contributed by atoms with E-state index in [1.165, 1.54) is 44.6 Å². The molecule has 0 saturated carbocycles. The molecular weight excluding hydrogens is 469 g/mol. The average molecular weight is 488 g/mol. The van der Waals surface area contributed by atoms with Gasteiger partial charge in [0.25, 0.3) is 0 Å². The highest BCUT2D eigenvalue weighted by Crippen LogP contribution is 2.37. The SMILES string of the molecule is COc1cc(Cl)c(-n2c(=O)[nH]c3c(C)cc(C(=O)O)nc32)cc1OCc1c(F)cccc1OC. The van der Waals surface area contributed by atoms with Crippen LogP contribution in [0.2, 0.25) is 5.02 Å². The Morgan fingerprint density at radius 2 is 1.91 bits per heavy atom. The van der Waals surface area contributed by atoms with Crippen LogP contribution in [0.3, 0.4) is 0 Å². The number of rotatable bonds is 7.